The molecule has 1 unspecified atom stereocenters. The number of hydrogen-bond acceptors (Lipinski definition) is 5. The van der Waals surface area contributed by atoms with E-state index >= 15 is 0 Å². The van der Waals surface area contributed by atoms with Gasteiger partial charge in [-0.3, -0.25) is 14.9 Å². The molecule has 1 heterocycles. The van der Waals surface area contributed by atoms with E-state index < -0.39 is 23.8 Å². The number of rotatable bonds is 6. The van der Waals surface area contributed by atoms with E-state index in [0.29, 0.717) is 23.8 Å². The second-order valence-corrected chi connectivity index (χ2v) is 6.00. The summed E-state index contributed by atoms with van der Waals surface area (Å²) in [6.45, 7) is 2.38. The fraction of sp³-hybridized carbons (Fsp3) is 0.250. The Labute approximate surface area is 156 Å². The minimum absolute atomic E-state index is 0.190. The molecule has 1 fully saturated rings. The van der Waals surface area contributed by atoms with Gasteiger partial charge in [0.15, 0.2) is 0 Å². The van der Waals surface area contributed by atoms with Crippen molar-refractivity contribution in [1.29, 1.82) is 0 Å². The van der Waals surface area contributed by atoms with Crippen LogP contribution in [0.3, 0.4) is 0 Å². The van der Waals surface area contributed by atoms with Crippen LogP contribution in [0.1, 0.15) is 12.5 Å². The quantitative estimate of drug-likeness (QED) is 0.792. The second kappa shape index (κ2) is 7.90. The van der Waals surface area contributed by atoms with Crippen LogP contribution in [0.4, 0.5) is 10.5 Å². The van der Waals surface area contributed by atoms with Gasteiger partial charge in [0.2, 0.25) is 11.8 Å². The number of methoxy groups -OCH3 is 1. The molecule has 1 N–H and O–H groups in total. The zero-order valence-electron chi connectivity index (χ0n) is 15.1. The van der Waals surface area contributed by atoms with Crippen molar-refractivity contribution in [3.8, 4) is 11.5 Å². The Kier molecular flexibility index (Phi) is 5.40. The molecule has 0 saturated carbocycles. The Bertz CT molecular complexity index is 846. The van der Waals surface area contributed by atoms with Crippen LogP contribution in [0.25, 0.3) is 0 Å². The minimum atomic E-state index is -0.984. The zero-order valence-corrected chi connectivity index (χ0v) is 15.1. The maximum absolute atomic E-state index is 12.9. The number of carbonyl (C=O) groups excluding carboxylic acids is 3. The van der Waals surface area contributed by atoms with E-state index in [0.717, 1.165) is 10.5 Å². The summed E-state index contributed by atoms with van der Waals surface area (Å²) in [5, 5.41) is 2.26. The maximum atomic E-state index is 12.9. The molecule has 0 aliphatic carbocycles. The standard InChI is InChI=1S/C20H20N2O5/c1-3-27-16-10-6-14(7-11-16)22-19(24)17(18(23)21-20(22)25)12-13-4-8-15(26-2)9-5-13/h4-11,17H,3,12H2,1-2H3,(H,21,23,25). The first-order chi connectivity index (χ1) is 13.0. The second-order valence-electron chi connectivity index (χ2n) is 6.00. The Hall–Kier alpha value is -3.35. The van der Waals surface area contributed by atoms with Crippen molar-refractivity contribution in [3.63, 3.8) is 0 Å². The summed E-state index contributed by atoms with van der Waals surface area (Å²) in [6.07, 6.45) is 0.190. The Morgan fingerprint density at radius 1 is 0.963 bits per heavy atom. The molecule has 2 aromatic rings. The van der Waals surface area contributed by atoms with E-state index in [2.05, 4.69) is 5.32 Å². The van der Waals surface area contributed by atoms with Gasteiger partial charge in [0.05, 0.1) is 19.4 Å². The smallest absolute Gasteiger partial charge is 0.335 e. The number of urea groups is 1. The van der Waals surface area contributed by atoms with Gasteiger partial charge in [-0.2, -0.15) is 0 Å². The topological polar surface area (TPSA) is 84.9 Å². The average molecular weight is 368 g/mol. The lowest BCUT2D eigenvalue weighted by Gasteiger charge is -2.30. The largest absolute Gasteiger partial charge is 0.497 e. The monoisotopic (exact) mass is 368 g/mol. The lowest BCUT2D eigenvalue weighted by Crippen LogP contribution is -2.58. The summed E-state index contributed by atoms with van der Waals surface area (Å²) in [6, 6.07) is 12.9. The number of imide groups is 2. The lowest BCUT2D eigenvalue weighted by atomic mass is 9.95. The highest BCUT2D eigenvalue weighted by atomic mass is 16.5. The SMILES string of the molecule is CCOc1ccc(N2C(=O)NC(=O)C(Cc3ccc(OC)cc3)C2=O)cc1. The van der Waals surface area contributed by atoms with Crippen molar-refractivity contribution in [2.24, 2.45) is 5.92 Å². The summed E-state index contributed by atoms with van der Waals surface area (Å²) in [5.41, 5.74) is 1.18. The lowest BCUT2D eigenvalue weighted by molar-refractivity contribution is -0.134. The van der Waals surface area contributed by atoms with Gasteiger partial charge in [-0.25, -0.2) is 9.69 Å². The van der Waals surface area contributed by atoms with Crippen molar-refractivity contribution in [3.05, 3.63) is 54.1 Å². The number of barbiturate groups is 1. The third-order valence-electron chi connectivity index (χ3n) is 4.27. The van der Waals surface area contributed by atoms with Gasteiger partial charge in [0.1, 0.15) is 17.4 Å². The molecule has 1 aliphatic rings. The first-order valence-electron chi connectivity index (χ1n) is 8.58. The summed E-state index contributed by atoms with van der Waals surface area (Å²) < 4.78 is 10.5. The number of hydrogen-bond donors (Lipinski definition) is 1. The van der Waals surface area contributed by atoms with Gasteiger partial charge in [-0.15, -0.1) is 0 Å². The summed E-state index contributed by atoms with van der Waals surface area (Å²) >= 11 is 0. The van der Waals surface area contributed by atoms with Crippen molar-refractivity contribution >= 4 is 23.5 Å². The van der Waals surface area contributed by atoms with Crippen LogP contribution >= 0.6 is 0 Å². The van der Waals surface area contributed by atoms with Crippen LogP contribution in [0.2, 0.25) is 0 Å². The molecule has 1 saturated heterocycles. The summed E-state index contributed by atoms with van der Waals surface area (Å²) in [7, 11) is 1.56. The van der Waals surface area contributed by atoms with E-state index in [1.165, 1.54) is 0 Å². The molecule has 27 heavy (non-hydrogen) atoms. The Morgan fingerprint density at radius 3 is 2.19 bits per heavy atom. The van der Waals surface area contributed by atoms with Gasteiger partial charge in [-0.1, -0.05) is 12.1 Å². The maximum Gasteiger partial charge on any atom is 0.335 e. The van der Waals surface area contributed by atoms with E-state index in [1.807, 2.05) is 6.92 Å². The van der Waals surface area contributed by atoms with Crippen LogP contribution in [-0.2, 0) is 16.0 Å². The molecule has 3 rings (SSSR count). The molecule has 2 aromatic carbocycles. The normalized spacial score (nSPS) is 16.9. The molecule has 140 valence electrons. The van der Waals surface area contributed by atoms with Crippen LogP contribution < -0.4 is 19.7 Å². The van der Waals surface area contributed by atoms with E-state index in [4.69, 9.17) is 9.47 Å². The first-order valence-corrected chi connectivity index (χ1v) is 8.58. The third-order valence-corrected chi connectivity index (χ3v) is 4.27. The van der Waals surface area contributed by atoms with Gasteiger partial charge in [0, 0.05) is 0 Å². The van der Waals surface area contributed by atoms with Crippen molar-refractivity contribution < 1.29 is 23.9 Å². The predicted molar refractivity (Wildman–Crippen MR) is 98.8 cm³/mol. The molecule has 4 amide bonds. The average Bonchev–Trinajstić information content (AvgIpc) is 2.67. The van der Waals surface area contributed by atoms with Gasteiger partial charge in [-0.05, 0) is 55.3 Å². The van der Waals surface area contributed by atoms with Crippen LogP contribution in [0.15, 0.2) is 48.5 Å². The van der Waals surface area contributed by atoms with Gasteiger partial charge >= 0.3 is 6.03 Å². The van der Waals surface area contributed by atoms with Crippen LogP contribution in [-0.4, -0.2) is 31.6 Å². The van der Waals surface area contributed by atoms with E-state index in [1.54, 1.807) is 55.6 Å². The van der Waals surface area contributed by atoms with Gasteiger partial charge < -0.3 is 9.47 Å². The number of carbonyl (C=O) groups is 3. The molecule has 0 aromatic heterocycles. The Balaban J connectivity index is 1.82. The number of ether oxygens (including phenoxy) is 2. The number of benzene rings is 2. The summed E-state index contributed by atoms with van der Waals surface area (Å²) in [4.78, 5) is 38.3. The molecular weight excluding hydrogens is 348 g/mol. The summed E-state index contributed by atoms with van der Waals surface area (Å²) in [5.74, 6) is -0.810. The third kappa shape index (κ3) is 3.92. The first kappa shape index (κ1) is 18.4. The van der Waals surface area contributed by atoms with Crippen molar-refractivity contribution in [2.75, 3.05) is 18.6 Å². The van der Waals surface area contributed by atoms with Crippen LogP contribution in [0, 0.1) is 5.92 Å². The van der Waals surface area contributed by atoms with Gasteiger partial charge in [0.25, 0.3) is 0 Å². The molecular formula is C20H20N2O5. The fourth-order valence-electron chi connectivity index (χ4n) is 2.90. The molecule has 0 spiro atoms. The Morgan fingerprint density at radius 2 is 1.59 bits per heavy atom. The number of amides is 4. The molecule has 7 nitrogen and oxygen atoms in total. The molecule has 7 heteroatoms. The zero-order chi connectivity index (χ0) is 19.4. The van der Waals surface area contributed by atoms with E-state index in [9.17, 15) is 14.4 Å². The molecule has 0 bridgehead atoms. The van der Waals surface area contributed by atoms with Crippen LogP contribution in [0.5, 0.6) is 11.5 Å². The number of nitrogens with one attached hydrogen (secondary N) is 1. The highest BCUT2D eigenvalue weighted by Crippen LogP contribution is 2.25. The minimum Gasteiger partial charge on any atom is -0.497 e. The highest BCUT2D eigenvalue weighted by Gasteiger charge is 2.41. The number of anilines is 1. The molecule has 1 aliphatic heterocycles. The highest BCUT2D eigenvalue weighted by molar-refractivity contribution is 6.27. The fourth-order valence-corrected chi connectivity index (χ4v) is 2.90. The molecule has 0 radical (unpaired) electrons. The molecule has 1 atom stereocenters. The van der Waals surface area contributed by atoms with E-state index in [-0.39, 0.29) is 6.42 Å². The predicted octanol–water partition coefficient (Wildman–Crippen LogP) is 2.54. The van der Waals surface area contributed by atoms with Crippen molar-refractivity contribution in [1.82, 2.24) is 5.32 Å². The van der Waals surface area contributed by atoms with Crippen molar-refractivity contribution in [2.45, 2.75) is 13.3 Å². The number of nitrogens with zero attached hydrogens (tertiary/aromatic N) is 1.